The Balaban J connectivity index is 2.36. The molecule has 1 atom stereocenters. The number of hydrogen-bond acceptors (Lipinski definition) is 3. The SMILES string of the molecule is C=CC(C)N1CCCN(CCO)CC1. The summed E-state index contributed by atoms with van der Waals surface area (Å²) in [5.74, 6) is 0. The number of hydrogen-bond donors (Lipinski definition) is 1. The van der Waals surface area contributed by atoms with E-state index in [0.717, 1.165) is 32.7 Å². The van der Waals surface area contributed by atoms with Gasteiger partial charge in [-0.3, -0.25) is 9.80 Å². The summed E-state index contributed by atoms with van der Waals surface area (Å²) < 4.78 is 0. The Morgan fingerprint density at radius 3 is 2.79 bits per heavy atom. The molecule has 1 N–H and O–H groups in total. The number of aliphatic hydroxyl groups is 1. The molecule has 0 aromatic rings. The van der Waals surface area contributed by atoms with Gasteiger partial charge in [-0.2, -0.15) is 0 Å². The van der Waals surface area contributed by atoms with Crippen LogP contribution in [0.1, 0.15) is 13.3 Å². The molecule has 1 saturated heterocycles. The average molecular weight is 198 g/mol. The van der Waals surface area contributed by atoms with Crippen LogP contribution in [0, 0.1) is 0 Å². The van der Waals surface area contributed by atoms with Gasteiger partial charge in [0.2, 0.25) is 0 Å². The molecule has 1 aliphatic rings. The third kappa shape index (κ3) is 3.40. The second kappa shape index (κ2) is 6.17. The van der Waals surface area contributed by atoms with E-state index in [1.54, 1.807) is 0 Å². The number of rotatable bonds is 4. The monoisotopic (exact) mass is 198 g/mol. The minimum absolute atomic E-state index is 0.275. The highest BCUT2D eigenvalue weighted by atomic mass is 16.3. The summed E-state index contributed by atoms with van der Waals surface area (Å²) in [6.07, 6.45) is 3.19. The van der Waals surface area contributed by atoms with Gasteiger partial charge in [0.05, 0.1) is 6.61 Å². The summed E-state index contributed by atoms with van der Waals surface area (Å²) in [4.78, 5) is 4.78. The van der Waals surface area contributed by atoms with Crippen LogP contribution in [0.2, 0.25) is 0 Å². The maximum absolute atomic E-state index is 8.86. The molecule has 0 spiro atoms. The molecule has 0 aromatic heterocycles. The molecule has 82 valence electrons. The van der Waals surface area contributed by atoms with Gasteiger partial charge in [0.15, 0.2) is 0 Å². The van der Waals surface area contributed by atoms with E-state index in [9.17, 15) is 0 Å². The van der Waals surface area contributed by atoms with E-state index in [1.807, 2.05) is 6.08 Å². The lowest BCUT2D eigenvalue weighted by molar-refractivity contribution is 0.193. The Bertz CT molecular complexity index is 173. The Kier molecular flexibility index (Phi) is 5.15. The van der Waals surface area contributed by atoms with Gasteiger partial charge in [-0.05, 0) is 26.4 Å². The van der Waals surface area contributed by atoms with Crippen molar-refractivity contribution in [3.63, 3.8) is 0 Å². The van der Waals surface area contributed by atoms with Crippen molar-refractivity contribution in [3.05, 3.63) is 12.7 Å². The van der Waals surface area contributed by atoms with Gasteiger partial charge in [-0.25, -0.2) is 0 Å². The Labute approximate surface area is 87.0 Å². The molecular formula is C11H22N2O. The molecule has 0 saturated carbocycles. The van der Waals surface area contributed by atoms with Gasteiger partial charge in [0.1, 0.15) is 0 Å². The van der Waals surface area contributed by atoms with E-state index in [4.69, 9.17) is 5.11 Å². The summed E-state index contributed by atoms with van der Waals surface area (Å²) in [6, 6.07) is 0.476. The van der Waals surface area contributed by atoms with Gasteiger partial charge in [0, 0.05) is 25.7 Å². The van der Waals surface area contributed by atoms with Gasteiger partial charge in [0.25, 0.3) is 0 Å². The zero-order chi connectivity index (χ0) is 10.4. The number of aliphatic hydroxyl groups excluding tert-OH is 1. The van der Waals surface area contributed by atoms with Crippen LogP contribution in [0.3, 0.4) is 0 Å². The van der Waals surface area contributed by atoms with E-state index in [-0.39, 0.29) is 6.61 Å². The topological polar surface area (TPSA) is 26.7 Å². The first-order valence-electron chi connectivity index (χ1n) is 5.47. The van der Waals surface area contributed by atoms with Crippen molar-refractivity contribution in [1.29, 1.82) is 0 Å². The molecule has 0 radical (unpaired) electrons. The summed E-state index contributed by atoms with van der Waals surface area (Å²) >= 11 is 0. The number of nitrogens with zero attached hydrogens (tertiary/aromatic N) is 2. The van der Waals surface area contributed by atoms with Gasteiger partial charge in [-0.1, -0.05) is 6.08 Å². The molecule has 1 unspecified atom stereocenters. The highest BCUT2D eigenvalue weighted by Gasteiger charge is 2.16. The summed E-state index contributed by atoms with van der Waals surface area (Å²) in [6.45, 7) is 11.5. The third-order valence-electron chi connectivity index (χ3n) is 2.96. The fourth-order valence-corrected chi connectivity index (χ4v) is 1.91. The van der Waals surface area contributed by atoms with Crippen LogP contribution in [-0.2, 0) is 0 Å². The molecule has 1 fully saturated rings. The van der Waals surface area contributed by atoms with Crippen molar-refractivity contribution in [2.45, 2.75) is 19.4 Å². The van der Waals surface area contributed by atoms with Crippen molar-refractivity contribution in [3.8, 4) is 0 Å². The minimum atomic E-state index is 0.275. The lowest BCUT2D eigenvalue weighted by Gasteiger charge is -2.25. The van der Waals surface area contributed by atoms with E-state index in [2.05, 4.69) is 23.3 Å². The second-order valence-electron chi connectivity index (χ2n) is 3.93. The molecular weight excluding hydrogens is 176 g/mol. The van der Waals surface area contributed by atoms with Crippen molar-refractivity contribution < 1.29 is 5.11 Å². The van der Waals surface area contributed by atoms with E-state index in [1.165, 1.54) is 6.42 Å². The van der Waals surface area contributed by atoms with E-state index in [0.29, 0.717) is 6.04 Å². The van der Waals surface area contributed by atoms with Gasteiger partial charge in [-0.15, -0.1) is 6.58 Å². The molecule has 3 heteroatoms. The van der Waals surface area contributed by atoms with E-state index >= 15 is 0 Å². The molecule has 0 aromatic carbocycles. The largest absolute Gasteiger partial charge is 0.395 e. The van der Waals surface area contributed by atoms with Gasteiger partial charge >= 0.3 is 0 Å². The van der Waals surface area contributed by atoms with Crippen LogP contribution < -0.4 is 0 Å². The lowest BCUT2D eigenvalue weighted by Crippen LogP contribution is -2.36. The molecule has 0 aliphatic carbocycles. The molecule has 14 heavy (non-hydrogen) atoms. The van der Waals surface area contributed by atoms with Crippen molar-refractivity contribution in [2.24, 2.45) is 0 Å². The highest BCUT2D eigenvalue weighted by molar-refractivity contribution is 4.85. The fraction of sp³-hybridized carbons (Fsp3) is 0.818. The van der Waals surface area contributed by atoms with Crippen molar-refractivity contribution in [1.82, 2.24) is 9.80 Å². The van der Waals surface area contributed by atoms with E-state index < -0.39 is 0 Å². The predicted molar refractivity (Wildman–Crippen MR) is 59.4 cm³/mol. The molecule has 1 heterocycles. The second-order valence-corrected chi connectivity index (χ2v) is 3.93. The first kappa shape index (κ1) is 11.7. The zero-order valence-corrected chi connectivity index (χ0v) is 9.15. The van der Waals surface area contributed by atoms with Crippen molar-refractivity contribution >= 4 is 0 Å². The quantitative estimate of drug-likeness (QED) is 0.669. The van der Waals surface area contributed by atoms with Crippen molar-refractivity contribution in [2.75, 3.05) is 39.3 Å². The summed E-state index contributed by atoms with van der Waals surface area (Å²) in [5, 5.41) is 8.86. The predicted octanol–water partition coefficient (Wildman–Crippen LogP) is 0.561. The minimum Gasteiger partial charge on any atom is -0.395 e. The molecule has 1 rings (SSSR count). The molecule has 0 bridgehead atoms. The smallest absolute Gasteiger partial charge is 0.0558 e. The maximum Gasteiger partial charge on any atom is 0.0558 e. The first-order valence-corrected chi connectivity index (χ1v) is 5.47. The average Bonchev–Trinajstić information content (AvgIpc) is 2.43. The molecule has 3 nitrogen and oxygen atoms in total. The third-order valence-corrected chi connectivity index (χ3v) is 2.96. The Morgan fingerprint density at radius 1 is 1.36 bits per heavy atom. The van der Waals surface area contributed by atoms with Crippen LogP contribution >= 0.6 is 0 Å². The number of β-amino-alcohol motifs (C(OH)–C–C–N with tert-alkyl or cyclic N) is 1. The van der Waals surface area contributed by atoms with Gasteiger partial charge < -0.3 is 5.11 Å². The molecule has 0 amide bonds. The van der Waals surface area contributed by atoms with Crippen LogP contribution in [-0.4, -0.2) is 60.3 Å². The zero-order valence-electron chi connectivity index (χ0n) is 9.15. The highest BCUT2D eigenvalue weighted by Crippen LogP contribution is 2.07. The summed E-state index contributed by atoms with van der Waals surface area (Å²) in [7, 11) is 0. The normalized spacial score (nSPS) is 23.0. The standard InChI is InChI=1S/C11H22N2O/c1-3-11(2)13-6-4-5-12(7-8-13)9-10-14/h3,11,14H,1,4-10H2,2H3. The summed E-state index contributed by atoms with van der Waals surface area (Å²) in [5.41, 5.74) is 0. The van der Waals surface area contributed by atoms with Crippen LogP contribution in [0.5, 0.6) is 0 Å². The van der Waals surface area contributed by atoms with Crippen LogP contribution in [0.25, 0.3) is 0 Å². The lowest BCUT2D eigenvalue weighted by atomic mass is 10.2. The van der Waals surface area contributed by atoms with Crippen LogP contribution in [0.15, 0.2) is 12.7 Å². The Morgan fingerprint density at radius 2 is 2.14 bits per heavy atom. The fourth-order valence-electron chi connectivity index (χ4n) is 1.91. The molecule has 1 aliphatic heterocycles. The first-order chi connectivity index (χ1) is 6.77. The maximum atomic E-state index is 8.86. The Hall–Kier alpha value is -0.380. The van der Waals surface area contributed by atoms with Crippen LogP contribution in [0.4, 0.5) is 0 Å².